The van der Waals surface area contributed by atoms with Gasteiger partial charge in [0.15, 0.2) is 0 Å². The van der Waals surface area contributed by atoms with E-state index in [0.717, 1.165) is 37.8 Å². The summed E-state index contributed by atoms with van der Waals surface area (Å²) < 4.78 is 34.9. The minimum absolute atomic E-state index is 0.0104. The normalized spacial score (nSPS) is 21.0. The first-order valence-electron chi connectivity index (χ1n) is 14.1. The Kier molecular flexibility index (Phi) is 6.84. The maximum Gasteiger partial charge on any atom is 0.257 e. The van der Waals surface area contributed by atoms with Crippen LogP contribution in [0.25, 0.3) is 5.78 Å². The molecule has 0 radical (unpaired) electrons. The van der Waals surface area contributed by atoms with E-state index in [2.05, 4.69) is 15.8 Å². The van der Waals surface area contributed by atoms with E-state index in [1.807, 2.05) is 19.2 Å². The molecule has 0 aliphatic heterocycles. The van der Waals surface area contributed by atoms with Crippen molar-refractivity contribution < 1.29 is 22.9 Å². The zero-order valence-corrected chi connectivity index (χ0v) is 22.0. The number of carbonyl (C=O) groups is 2. The fourth-order valence-electron chi connectivity index (χ4n) is 5.68. The highest BCUT2D eigenvalue weighted by molar-refractivity contribution is 5.95. The lowest BCUT2D eigenvalue weighted by atomic mass is 9.81. The van der Waals surface area contributed by atoms with Crippen LogP contribution < -0.4 is 10.6 Å². The molecule has 3 fully saturated rings. The molecule has 0 saturated heterocycles. The van der Waals surface area contributed by atoms with E-state index in [0.29, 0.717) is 35.1 Å². The zero-order chi connectivity index (χ0) is 27.1. The van der Waals surface area contributed by atoms with Gasteiger partial charge in [0.2, 0.25) is 17.6 Å². The number of amides is 2. The van der Waals surface area contributed by atoms with Gasteiger partial charge in [-0.25, -0.2) is 18.7 Å². The van der Waals surface area contributed by atoms with Crippen LogP contribution in [-0.2, 0) is 4.79 Å². The molecule has 0 aromatic carbocycles. The van der Waals surface area contributed by atoms with Gasteiger partial charge < -0.3 is 15.2 Å². The highest BCUT2D eigenvalue weighted by Crippen LogP contribution is 2.43. The quantitative estimate of drug-likeness (QED) is 0.363. The molecule has 39 heavy (non-hydrogen) atoms. The van der Waals surface area contributed by atoms with Crippen LogP contribution in [0.4, 0.5) is 8.78 Å². The summed E-state index contributed by atoms with van der Waals surface area (Å²) in [4.78, 5) is 35.2. The Bertz CT molecular complexity index is 1350. The summed E-state index contributed by atoms with van der Waals surface area (Å²) in [6.45, 7) is 1.97. The highest BCUT2D eigenvalue weighted by Gasteiger charge is 2.40. The number of imidazole rings is 1. The lowest BCUT2D eigenvalue weighted by molar-refractivity contribution is -0.122. The van der Waals surface area contributed by atoms with Gasteiger partial charge in [-0.3, -0.25) is 14.0 Å². The van der Waals surface area contributed by atoms with Crippen molar-refractivity contribution in [3.05, 3.63) is 47.4 Å². The van der Waals surface area contributed by atoms with Gasteiger partial charge in [-0.15, -0.1) is 0 Å². The first-order chi connectivity index (χ1) is 18.8. The van der Waals surface area contributed by atoms with Crippen molar-refractivity contribution in [2.45, 2.75) is 95.1 Å². The Morgan fingerprint density at radius 3 is 2.44 bits per heavy atom. The minimum Gasteiger partial charge on any atom is -0.364 e. The monoisotopic (exact) mass is 540 g/mol. The molecule has 208 valence electrons. The number of rotatable bonds is 10. The van der Waals surface area contributed by atoms with E-state index in [9.17, 15) is 18.4 Å². The first kappa shape index (κ1) is 25.9. The number of hydrogen-bond acceptors (Lipinski definition) is 6. The highest BCUT2D eigenvalue weighted by atomic mass is 19.3. The van der Waals surface area contributed by atoms with Crippen molar-refractivity contribution in [1.29, 1.82) is 0 Å². The van der Waals surface area contributed by atoms with Crippen LogP contribution in [0.1, 0.15) is 117 Å². The maximum atomic E-state index is 14.0. The molecule has 3 aromatic heterocycles. The van der Waals surface area contributed by atoms with Gasteiger partial charge in [0.1, 0.15) is 11.8 Å². The Morgan fingerprint density at radius 1 is 1.05 bits per heavy atom. The van der Waals surface area contributed by atoms with Gasteiger partial charge in [0.05, 0.1) is 29.2 Å². The third-order valence-electron chi connectivity index (χ3n) is 8.22. The first-order valence-corrected chi connectivity index (χ1v) is 14.1. The van der Waals surface area contributed by atoms with E-state index in [1.54, 1.807) is 10.6 Å². The smallest absolute Gasteiger partial charge is 0.257 e. The van der Waals surface area contributed by atoms with E-state index >= 15 is 0 Å². The fourth-order valence-corrected chi connectivity index (χ4v) is 5.68. The van der Waals surface area contributed by atoms with Crippen molar-refractivity contribution in [3.63, 3.8) is 0 Å². The standard InChI is InChI=1S/C28H34F2N6O3/c1-2-3-22(37)33-24(17-6-7-17)20-10-13-36-14-21(32-27(36)31-20)25(18-8-11-28(29,30)12-9-18)34-26(38)19-15-39-35-23(19)16-4-5-16/h10,13-18,24-25H,2-9,11-12H2,1H3,(H,33,37)(H,34,38)/t24-,25-/m0/s1. The summed E-state index contributed by atoms with van der Waals surface area (Å²) in [7, 11) is 0. The van der Waals surface area contributed by atoms with Crippen LogP contribution in [0.5, 0.6) is 0 Å². The number of fused-ring (bicyclic) bond motifs is 1. The number of carbonyl (C=O) groups excluding carboxylic acids is 2. The third-order valence-corrected chi connectivity index (χ3v) is 8.22. The number of hydrogen-bond donors (Lipinski definition) is 2. The van der Waals surface area contributed by atoms with Gasteiger partial charge in [0, 0.05) is 37.6 Å². The summed E-state index contributed by atoms with van der Waals surface area (Å²) in [5, 5.41) is 10.2. The Labute approximate surface area is 225 Å². The molecule has 3 aliphatic rings. The van der Waals surface area contributed by atoms with Crippen molar-refractivity contribution in [2.24, 2.45) is 11.8 Å². The molecule has 0 unspecified atom stereocenters. The number of alkyl halides is 2. The van der Waals surface area contributed by atoms with Crippen molar-refractivity contribution in [3.8, 4) is 0 Å². The van der Waals surface area contributed by atoms with Gasteiger partial charge >= 0.3 is 0 Å². The molecule has 3 heterocycles. The fraction of sp³-hybridized carbons (Fsp3) is 0.607. The lowest BCUT2D eigenvalue weighted by Crippen LogP contribution is -2.37. The van der Waals surface area contributed by atoms with Crippen molar-refractivity contribution >= 4 is 17.6 Å². The van der Waals surface area contributed by atoms with Crippen LogP contribution in [0.2, 0.25) is 0 Å². The number of aromatic nitrogens is 4. The molecule has 2 amide bonds. The lowest BCUT2D eigenvalue weighted by Gasteiger charge is -2.33. The van der Waals surface area contributed by atoms with E-state index in [4.69, 9.17) is 14.5 Å². The second kappa shape index (κ2) is 10.3. The molecule has 3 aliphatic carbocycles. The average molecular weight is 541 g/mol. The number of halogens is 2. The SMILES string of the molecule is CCCC(=O)N[C@H](c1ccn2cc([C@@H](NC(=O)c3conc3C3CC3)C3CCC(F)(F)CC3)nc2n1)C1CC1. The largest absolute Gasteiger partial charge is 0.364 e. The molecular formula is C28H34F2N6O3. The molecule has 6 rings (SSSR count). The summed E-state index contributed by atoms with van der Waals surface area (Å²) in [5.41, 5.74) is 2.37. The second-order valence-corrected chi connectivity index (χ2v) is 11.4. The van der Waals surface area contributed by atoms with E-state index < -0.39 is 12.0 Å². The van der Waals surface area contributed by atoms with Crippen molar-refractivity contribution in [2.75, 3.05) is 0 Å². The molecule has 3 aromatic rings. The summed E-state index contributed by atoms with van der Waals surface area (Å²) >= 11 is 0. The van der Waals surface area contributed by atoms with Gasteiger partial charge in [-0.1, -0.05) is 12.1 Å². The predicted octanol–water partition coefficient (Wildman–Crippen LogP) is 5.26. The van der Waals surface area contributed by atoms with Crippen LogP contribution in [0.15, 0.2) is 29.2 Å². The number of nitrogens with one attached hydrogen (secondary N) is 2. The zero-order valence-electron chi connectivity index (χ0n) is 22.0. The molecule has 3 saturated carbocycles. The van der Waals surface area contributed by atoms with Crippen LogP contribution in [-0.4, -0.2) is 37.3 Å². The Morgan fingerprint density at radius 2 is 1.74 bits per heavy atom. The average Bonchev–Trinajstić information content (AvgIpc) is 3.84. The predicted molar refractivity (Wildman–Crippen MR) is 137 cm³/mol. The number of nitrogens with zero attached hydrogens (tertiary/aromatic N) is 4. The molecule has 0 bridgehead atoms. The van der Waals surface area contributed by atoms with Crippen LogP contribution in [0, 0.1) is 11.8 Å². The van der Waals surface area contributed by atoms with Gasteiger partial charge in [-0.05, 0) is 62.8 Å². The molecule has 9 nitrogen and oxygen atoms in total. The van der Waals surface area contributed by atoms with Crippen LogP contribution >= 0.6 is 0 Å². The molecular weight excluding hydrogens is 506 g/mol. The molecule has 2 atom stereocenters. The summed E-state index contributed by atoms with van der Waals surface area (Å²) in [6, 6.07) is 1.16. The second-order valence-electron chi connectivity index (χ2n) is 11.4. The van der Waals surface area contributed by atoms with Gasteiger partial charge in [-0.2, -0.15) is 0 Å². The maximum absolute atomic E-state index is 14.0. The summed E-state index contributed by atoms with van der Waals surface area (Å²) in [6.07, 6.45) is 10.4. The topological polar surface area (TPSA) is 114 Å². The Balaban J connectivity index is 1.28. The van der Waals surface area contributed by atoms with Crippen molar-refractivity contribution in [1.82, 2.24) is 30.2 Å². The molecule has 11 heteroatoms. The minimum atomic E-state index is -2.69. The Hall–Kier alpha value is -3.37. The molecule has 0 spiro atoms. The third kappa shape index (κ3) is 5.67. The van der Waals surface area contributed by atoms with Crippen LogP contribution in [0.3, 0.4) is 0 Å². The summed E-state index contributed by atoms with van der Waals surface area (Å²) in [5.74, 6) is -2.18. The van der Waals surface area contributed by atoms with E-state index in [1.165, 1.54) is 6.26 Å². The van der Waals surface area contributed by atoms with Gasteiger partial charge in [0.25, 0.3) is 5.91 Å². The molecule has 2 N–H and O–H groups in total. The van der Waals surface area contributed by atoms with E-state index in [-0.39, 0.29) is 55.4 Å².